The van der Waals surface area contributed by atoms with Crippen molar-refractivity contribution in [1.82, 2.24) is 9.88 Å². The predicted molar refractivity (Wildman–Crippen MR) is 85.8 cm³/mol. The molecule has 0 N–H and O–H groups in total. The van der Waals surface area contributed by atoms with Crippen LogP contribution in [0.5, 0.6) is 0 Å². The number of aromatic nitrogens is 1. The second kappa shape index (κ2) is 5.90. The Hall–Kier alpha value is -1.81. The molecule has 1 aliphatic heterocycles. The van der Waals surface area contributed by atoms with Gasteiger partial charge in [0.15, 0.2) is 0 Å². The average Bonchev–Trinajstić information content (AvgIpc) is 2.79. The Labute approximate surface area is 129 Å². The number of carbonyl (C=O) groups excluding carboxylic acids is 1. The third-order valence-corrected chi connectivity index (χ3v) is 5.08. The summed E-state index contributed by atoms with van der Waals surface area (Å²) in [6, 6.07) is 12.3. The number of aryl methyl sites for hydroxylation is 1. The highest BCUT2D eigenvalue weighted by Gasteiger charge is 2.38. The van der Waals surface area contributed by atoms with Gasteiger partial charge in [-0.05, 0) is 25.5 Å². The zero-order chi connectivity index (χ0) is 14.8. The second-order valence-electron chi connectivity index (χ2n) is 5.37. The highest BCUT2D eigenvalue weighted by atomic mass is 32.2. The predicted octanol–water partition coefficient (Wildman–Crippen LogP) is 3.55. The maximum atomic E-state index is 12.4. The number of hydrogen-bond acceptors (Lipinski definition) is 3. The van der Waals surface area contributed by atoms with E-state index in [1.807, 2.05) is 30.2 Å². The van der Waals surface area contributed by atoms with Crippen LogP contribution in [0.3, 0.4) is 0 Å². The fraction of sp³-hybridized carbons (Fsp3) is 0.294. The molecular weight excluding hydrogens is 280 g/mol. The third kappa shape index (κ3) is 2.95. The lowest BCUT2D eigenvalue weighted by molar-refractivity contribution is -0.130. The van der Waals surface area contributed by atoms with Crippen LogP contribution in [-0.2, 0) is 11.3 Å². The SMILES string of the molecule is Cc1ccc(CN2C(=O)C(C)SC2c2cccnc2)cc1. The zero-order valence-corrected chi connectivity index (χ0v) is 13.0. The number of pyridine rings is 1. The van der Waals surface area contributed by atoms with Crippen LogP contribution in [-0.4, -0.2) is 21.0 Å². The quantitative estimate of drug-likeness (QED) is 0.869. The molecule has 2 heterocycles. The van der Waals surface area contributed by atoms with Gasteiger partial charge in [-0.3, -0.25) is 9.78 Å². The third-order valence-electron chi connectivity index (χ3n) is 3.69. The van der Waals surface area contributed by atoms with Gasteiger partial charge in [0.2, 0.25) is 5.91 Å². The average molecular weight is 298 g/mol. The standard InChI is InChI=1S/C17H18N2OS/c1-12-5-7-14(8-6-12)11-19-16(20)13(2)21-17(19)15-4-3-9-18-10-15/h3-10,13,17H,11H2,1-2H3. The van der Waals surface area contributed by atoms with Crippen LogP contribution in [0.15, 0.2) is 48.8 Å². The van der Waals surface area contributed by atoms with E-state index >= 15 is 0 Å². The molecule has 1 amide bonds. The summed E-state index contributed by atoms with van der Waals surface area (Å²) in [6.07, 6.45) is 3.61. The van der Waals surface area contributed by atoms with Gasteiger partial charge in [0, 0.05) is 24.5 Å². The smallest absolute Gasteiger partial charge is 0.236 e. The summed E-state index contributed by atoms with van der Waals surface area (Å²) in [6.45, 7) is 4.70. The molecule has 0 radical (unpaired) electrons. The molecule has 0 aliphatic carbocycles. The lowest BCUT2D eigenvalue weighted by Gasteiger charge is -2.24. The Morgan fingerprint density at radius 3 is 2.67 bits per heavy atom. The largest absolute Gasteiger partial charge is 0.321 e. The number of hydrogen-bond donors (Lipinski definition) is 0. The molecule has 4 heteroatoms. The van der Waals surface area contributed by atoms with E-state index in [1.54, 1.807) is 18.0 Å². The lowest BCUT2D eigenvalue weighted by Crippen LogP contribution is -2.29. The first-order valence-corrected chi connectivity index (χ1v) is 8.01. The van der Waals surface area contributed by atoms with Gasteiger partial charge in [0.05, 0.1) is 5.25 Å². The minimum Gasteiger partial charge on any atom is -0.321 e. The molecule has 3 nitrogen and oxygen atoms in total. The summed E-state index contributed by atoms with van der Waals surface area (Å²) in [5.41, 5.74) is 3.49. The van der Waals surface area contributed by atoms with E-state index < -0.39 is 0 Å². The normalized spacial score (nSPS) is 21.8. The molecule has 1 aromatic heterocycles. The van der Waals surface area contributed by atoms with Gasteiger partial charge < -0.3 is 4.90 Å². The fourth-order valence-electron chi connectivity index (χ4n) is 2.51. The Bertz CT molecular complexity index is 627. The summed E-state index contributed by atoms with van der Waals surface area (Å²) < 4.78 is 0. The van der Waals surface area contributed by atoms with Gasteiger partial charge in [-0.2, -0.15) is 0 Å². The van der Waals surface area contributed by atoms with Gasteiger partial charge in [0.25, 0.3) is 0 Å². The number of amides is 1. The molecule has 0 saturated carbocycles. The molecule has 108 valence electrons. The van der Waals surface area contributed by atoms with E-state index in [2.05, 4.69) is 36.2 Å². The molecule has 21 heavy (non-hydrogen) atoms. The summed E-state index contributed by atoms with van der Waals surface area (Å²) in [7, 11) is 0. The van der Waals surface area contributed by atoms with Crippen molar-refractivity contribution in [3.05, 3.63) is 65.5 Å². The van der Waals surface area contributed by atoms with E-state index in [-0.39, 0.29) is 16.5 Å². The molecule has 0 spiro atoms. The summed E-state index contributed by atoms with van der Waals surface area (Å²) in [4.78, 5) is 18.6. The van der Waals surface area contributed by atoms with E-state index in [0.29, 0.717) is 6.54 Å². The minimum absolute atomic E-state index is 0.000606. The van der Waals surface area contributed by atoms with Crippen molar-refractivity contribution in [3.8, 4) is 0 Å². The molecule has 2 aromatic rings. The van der Waals surface area contributed by atoms with E-state index in [0.717, 1.165) is 11.1 Å². The highest BCUT2D eigenvalue weighted by molar-refractivity contribution is 8.01. The van der Waals surface area contributed by atoms with Gasteiger partial charge in [-0.25, -0.2) is 0 Å². The van der Waals surface area contributed by atoms with Gasteiger partial charge in [-0.1, -0.05) is 35.9 Å². The molecule has 0 bridgehead atoms. The molecule has 1 aliphatic rings. The molecule has 3 rings (SSSR count). The van der Waals surface area contributed by atoms with Gasteiger partial charge in [-0.15, -0.1) is 11.8 Å². The van der Waals surface area contributed by atoms with Crippen molar-refractivity contribution < 1.29 is 4.79 Å². The number of rotatable bonds is 3. The first-order valence-electron chi connectivity index (χ1n) is 7.06. The molecule has 1 saturated heterocycles. The van der Waals surface area contributed by atoms with Crippen LogP contribution < -0.4 is 0 Å². The number of benzene rings is 1. The Balaban J connectivity index is 1.86. The minimum atomic E-state index is 0.000606. The van der Waals surface area contributed by atoms with Crippen molar-refractivity contribution in [2.75, 3.05) is 0 Å². The number of carbonyl (C=O) groups is 1. The zero-order valence-electron chi connectivity index (χ0n) is 12.2. The summed E-state index contributed by atoms with van der Waals surface area (Å²) in [5, 5.41) is 0.0585. The van der Waals surface area contributed by atoms with Gasteiger partial charge in [0.1, 0.15) is 5.37 Å². The molecular formula is C17H18N2OS. The highest BCUT2D eigenvalue weighted by Crippen LogP contribution is 2.43. The van der Waals surface area contributed by atoms with E-state index in [1.165, 1.54) is 5.56 Å². The Kier molecular flexibility index (Phi) is 3.97. The van der Waals surface area contributed by atoms with Gasteiger partial charge >= 0.3 is 0 Å². The van der Waals surface area contributed by atoms with E-state index in [9.17, 15) is 4.79 Å². The van der Waals surface area contributed by atoms with Crippen LogP contribution in [0, 0.1) is 6.92 Å². The topological polar surface area (TPSA) is 33.2 Å². The fourth-order valence-corrected chi connectivity index (χ4v) is 3.77. The lowest BCUT2D eigenvalue weighted by atomic mass is 10.1. The summed E-state index contributed by atoms with van der Waals surface area (Å²) in [5.74, 6) is 0.203. The maximum Gasteiger partial charge on any atom is 0.236 e. The van der Waals surface area contributed by atoms with Crippen molar-refractivity contribution in [3.63, 3.8) is 0 Å². The second-order valence-corrected chi connectivity index (χ2v) is 6.79. The first-order chi connectivity index (χ1) is 10.1. The van der Waals surface area contributed by atoms with Crippen molar-refractivity contribution in [1.29, 1.82) is 0 Å². The Morgan fingerprint density at radius 2 is 2.00 bits per heavy atom. The van der Waals surface area contributed by atoms with Crippen molar-refractivity contribution in [2.45, 2.75) is 31.0 Å². The maximum absolute atomic E-state index is 12.4. The van der Waals surface area contributed by atoms with Crippen LogP contribution in [0.1, 0.15) is 29.0 Å². The van der Waals surface area contributed by atoms with Crippen LogP contribution in [0.2, 0.25) is 0 Å². The monoisotopic (exact) mass is 298 g/mol. The van der Waals surface area contributed by atoms with Crippen molar-refractivity contribution in [2.24, 2.45) is 0 Å². The molecule has 1 fully saturated rings. The molecule has 2 atom stereocenters. The summed E-state index contributed by atoms with van der Waals surface area (Å²) >= 11 is 1.69. The Morgan fingerprint density at radius 1 is 1.24 bits per heavy atom. The van der Waals surface area contributed by atoms with E-state index in [4.69, 9.17) is 0 Å². The number of thioether (sulfide) groups is 1. The molecule has 1 aromatic carbocycles. The van der Waals surface area contributed by atoms with Crippen molar-refractivity contribution >= 4 is 17.7 Å². The van der Waals surface area contributed by atoms with Crippen LogP contribution in [0.4, 0.5) is 0 Å². The molecule has 2 unspecified atom stereocenters. The number of nitrogens with zero attached hydrogens (tertiary/aromatic N) is 2. The first kappa shape index (κ1) is 14.1. The van der Waals surface area contributed by atoms with Crippen LogP contribution in [0.25, 0.3) is 0 Å². The van der Waals surface area contributed by atoms with Crippen LogP contribution >= 0.6 is 11.8 Å².